The Hall–Kier alpha value is -0.760. The molecule has 2 N–H and O–H groups in total. The van der Waals surface area contributed by atoms with Crippen LogP contribution in [0, 0.1) is 0 Å². The second kappa shape index (κ2) is 1.86. The van der Waals surface area contributed by atoms with Crippen LogP contribution in [0.4, 0.5) is 0 Å². The van der Waals surface area contributed by atoms with Gasteiger partial charge in [0.05, 0.1) is 5.60 Å². The minimum Gasteiger partial charge on any atom is -0.389 e. The predicted molar refractivity (Wildman–Crippen MR) is 38.7 cm³/mol. The van der Waals surface area contributed by atoms with E-state index in [0.29, 0.717) is 0 Å². The van der Waals surface area contributed by atoms with E-state index >= 15 is 0 Å². The van der Waals surface area contributed by atoms with Crippen molar-refractivity contribution >= 4 is 0 Å². The average molecular weight is 137 g/mol. The molecule has 0 aliphatic heterocycles. The van der Waals surface area contributed by atoms with Crippen LogP contribution in [0.25, 0.3) is 0 Å². The smallest absolute Gasteiger partial charge is 0.0704 e. The molecule has 1 aromatic heterocycles. The first-order valence-corrected chi connectivity index (χ1v) is 3.63. The standard InChI is InChI=1S/C8H11NO/c10-8(3-4-8)6-7-2-1-5-9-7/h1-2,5,9-10H,3-4,6H2. The number of aromatic amines is 1. The van der Waals surface area contributed by atoms with Gasteiger partial charge in [-0.2, -0.15) is 0 Å². The van der Waals surface area contributed by atoms with Crippen molar-refractivity contribution in [2.75, 3.05) is 0 Å². The maximum Gasteiger partial charge on any atom is 0.0704 e. The maximum atomic E-state index is 9.48. The predicted octanol–water partition coefficient (Wildman–Crippen LogP) is 1.08. The Bertz CT molecular complexity index is 211. The molecule has 0 radical (unpaired) electrons. The maximum absolute atomic E-state index is 9.48. The third-order valence-corrected chi connectivity index (χ3v) is 2.01. The Morgan fingerprint density at radius 1 is 1.60 bits per heavy atom. The topological polar surface area (TPSA) is 36.0 Å². The van der Waals surface area contributed by atoms with Crippen LogP contribution in [0.1, 0.15) is 18.5 Å². The van der Waals surface area contributed by atoms with E-state index in [9.17, 15) is 5.11 Å². The molecule has 0 spiro atoms. The van der Waals surface area contributed by atoms with Crippen LogP contribution in [0.15, 0.2) is 18.3 Å². The molecule has 2 nitrogen and oxygen atoms in total. The molecule has 2 rings (SSSR count). The summed E-state index contributed by atoms with van der Waals surface area (Å²) < 4.78 is 0. The monoisotopic (exact) mass is 137 g/mol. The molecule has 0 amide bonds. The SMILES string of the molecule is OC1(Cc2ccc[nH]2)CC1. The number of rotatable bonds is 2. The highest BCUT2D eigenvalue weighted by Gasteiger charge is 2.40. The molecule has 1 aromatic rings. The van der Waals surface area contributed by atoms with Crippen LogP contribution in [0.5, 0.6) is 0 Å². The largest absolute Gasteiger partial charge is 0.389 e. The van der Waals surface area contributed by atoms with Crippen LogP contribution in [-0.4, -0.2) is 15.7 Å². The van der Waals surface area contributed by atoms with Crippen molar-refractivity contribution in [3.05, 3.63) is 24.0 Å². The average Bonchev–Trinajstić information content (AvgIpc) is 2.47. The van der Waals surface area contributed by atoms with Crippen molar-refractivity contribution in [1.82, 2.24) is 4.98 Å². The summed E-state index contributed by atoms with van der Waals surface area (Å²) in [7, 11) is 0. The van der Waals surface area contributed by atoms with E-state index < -0.39 is 0 Å². The van der Waals surface area contributed by atoms with E-state index in [1.807, 2.05) is 18.3 Å². The van der Waals surface area contributed by atoms with E-state index in [4.69, 9.17) is 0 Å². The lowest BCUT2D eigenvalue weighted by Gasteiger charge is -2.03. The Labute approximate surface area is 59.9 Å². The van der Waals surface area contributed by atoms with Gasteiger partial charge in [0, 0.05) is 18.3 Å². The number of hydrogen-bond acceptors (Lipinski definition) is 1. The van der Waals surface area contributed by atoms with Gasteiger partial charge in [0.1, 0.15) is 0 Å². The van der Waals surface area contributed by atoms with Crippen LogP contribution in [0.2, 0.25) is 0 Å². The minimum absolute atomic E-state index is 0.356. The molecule has 0 atom stereocenters. The Morgan fingerprint density at radius 2 is 2.40 bits per heavy atom. The number of nitrogens with one attached hydrogen (secondary N) is 1. The van der Waals surface area contributed by atoms with Gasteiger partial charge in [0.2, 0.25) is 0 Å². The van der Waals surface area contributed by atoms with Gasteiger partial charge in [-0.25, -0.2) is 0 Å². The van der Waals surface area contributed by atoms with Gasteiger partial charge < -0.3 is 10.1 Å². The van der Waals surface area contributed by atoms with E-state index in [0.717, 1.165) is 25.0 Å². The molecule has 10 heavy (non-hydrogen) atoms. The quantitative estimate of drug-likeness (QED) is 0.628. The summed E-state index contributed by atoms with van der Waals surface area (Å²) in [5.41, 5.74) is 0.783. The molecule has 0 bridgehead atoms. The molecule has 1 heterocycles. The fourth-order valence-electron chi connectivity index (χ4n) is 1.15. The van der Waals surface area contributed by atoms with Crippen LogP contribution >= 0.6 is 0 Å². The first-order chi connectivity index (χ1) is 4.79. The van der Waals surface area contributed by atoms with Gasteiger partial charge >= 0.3 is 0 Å². The highest BCUT2D eigenvalue weighted by atomic mass is 16.3. The van der Waals surface area contributed by atoms with Crippen molar-refractivity contribution in [2.45, 2.75) is 24.9 Å². The molecule has 1 saturated carbocycles. The Kier molecular flexibility index (Phi) is 1.11. The lowest BCUT2D eigenvalue weighted by Crippen LogP contribution is -2.10. The minimum atomic E-state index is -0.356. The van der Waals surface area contributed by atoms with Crippen molar-refractivity contribution in [1.29, 1.82) is 0 Å². The third kappa shape index (κ3) is 1.07. The molecular formula is C8H11NO. The molecule has 54 valence electrons. The summed E-state index contributed by atoms with van der Waals surface area (Å²) in [5, 5.41) is 9.48. The van der Waals surface area contributed by atoms with E-state index in [-0.39, 0.29) is 5.60 Å². The van der Waals surface area contributed by atoms with E-state index in [1.54, 1.807) is 0 Å². The molecule has 0 saturated heterocycles. The first-order valence-electron chi connectivity index (χ1n) is 3.63. The highest BCUT2D eigenvalue weighted by molar-refractivity contribution is 5.11. The molecular weight excluding hydrogens is 126 g/mol. The lowest BCUT2D eigenvalue weighted by atomic mass is 10.2. The van der Waals surface area contributed by atoms with Crippen LogP contribution < -0.4 is 0 Å². The second-order valence-corrected chi connectivity index (χ2v) is 3.10. The summed E-state index contributed by atoms with van der Waals surface area (Å²) in [6.07, 6.45) is 4.61. The molecule has 0 aromatic carbocycles. The normalized spacial score (nSPS) is 20.9. The lowest BCUT2D eigenvalue weighted by molar-refractivity contribution is 0.150. The van der Waals surface area contributed by atoms with Crippen LogP contribution in [-0.2, 0) is 6.42 Å². The van der Waals surface area contributed by atoms with Gasteiger partial charge in [-0.1, -0.05) is 0 Å². The Morgan fingerprint density at radius 3 is 2.90 bits per heavy atom. The second-order valence-electron chi connectivity index (χ2n) is 3.10. The van der Waals surface area contributed by atoms with Crippen LogP contribution in [0.3, 0.4) is 0 Å². The number of aromatic nitrogens is 1. The van der Waals surface area contributed by atoms with Crippen molar-refractivity contribution in [3.63, 3.8) is 0 Å². The zero-order chi connectivity index (χ0) is 7.03. The van der Waals surface area contributed by atoms with Gasteiger partial charge in [-0.05, 0) is 25.0 Å². The summed E-state index contributed by atoms with van der Waals surface area (Å²) in [5.74, 6) is 0. The molecule has 0 unspecified atom stereocenters. The van der Waals surface area contributed by atoms with E-state index in [2.05, 4.69) is 4.98 Å². The molecule has 1 fully saturated rings. The molecule has 1 aliphatic carbocycles. The fourth-order valence-corrected chi connectivity index (χ4v) is 1.15. The van der Waals surface area contributed by atoms with Gasteiger partial charge in [0.25, 0.3) is 0 Å². The summed E-state index contributed by atoms with van der Waals surface area (Å²) >= 11 is 0. The van der Waals surface area contributed by atoms with E-state index in [1.165, 1.54) is 0 Å². The molecule has 2 heteroatoms. The van der Waals surface area contributed by atoms with Gasteiger partial charge in [-0.15, -0.1) is 0 Å². The van der Waals surface area contributed by atoms with Crippen molar-refractivity contribution < 1.29 is 5.11 Å². The summed E-state index contributed by atoms with van der Waals surface area (Å²) in [6, 6.07) is 3.97. The zero-order valence-electron chi connectivity index (χ0n) is 5.80. The number of hydrogen-bond donors (Lipinski definition) is 2. The summed E-state index contributed by atoms with van der Waals surface area (Å²) in [6.45, 7) is 0. The van der Waals surface area contributed by atoms with Gasteiger partial charge in [-0.3, -0.25) is 0 Å². The molecule has 1 aliphatic rings. The fraction of sp³-hybridized carbons (Fsp3) is 0.500. The zero-order valence-corrected chi connectivity index (χ0v) is 5.80. The first kappa shape index (κ1) is 5.98. The third-order valence-electron chi connectivity index (χ3n) is 2.01. The number of H-pyrrole nitrogens is 1. The Balaban J connectivity index is 2.04. The van der Waals surface area contributed by atoms with Gasteiger partial charge in [0.15, 0.2) is 0 Å². The summed E-state index contributed by atoms with van der Waals surface area (Å²) in [4.78, 5) is 3.07. The highest BCUT2D eigenvalue weighted by Crippen LogP contribution is 2.37. The number of aliphatic hydroxyl groups is 1. The van der Waals surface area contributed by atoms with Crippen molar-refractivity contribution in [2.24, 2.45) is 0 Å². The van der Waals surface area contributed by atoms with Crippen molar-refractivity contribution in [3.8, 4) is 0 Å².